The number of fused-ring (bicyclic) bond motifs is 1. The Morgan fingerprint density at radius 2 is 1.85 bits per heavy atom. The molecule has 0 aliphatic rings. The Balaban J connectivity index is 2.21. The van der Waals surface area contributed by atoms with Crippen molar-refractivity contribution >= 4 is 17.1 Å². The van der Waals surface area contributed by atoms with Crippen LogP contribution < -0.4 is 16.1 Å². The minimum atomic E-state index is -0.806. The molecule has 8 heteroatoms. The van der Waals surface area contributed by atoms with Gasteiger partial charge in [0.2, 0.25) is 5.95 Å². The summed E-state index contributed by atoms with van der Waals surface area (Å²) in [5.74, 6) is 0.562. The van der Waals surface area contributed by atoms with Crippen LogP contribution in [-0.2, 0) is 13.6 Å². The average Bonchev–Trinajstić information content (AvgIpc) is 3.01. The van der Waals surface area contributed by atoms with E-state index in [4.69, 9.17) is 0 Å². The van der Waals surface area contributed by atoms with Gasteiger partial charge < -0.3 is 14.6 Å². The number of hydrogen-bond acceptors (Lipinski definition) is 5. The van der Waals surface area contributed by atoms with Crippen molar-refractivity contribution in [3.05, 3.63) is 56.7 Å². The zero-order valence-electron chi connectivity index (χ0n) is 15.1. The van der Waals surface area contributed by atoms with Crippen LogP contribution in [0.1, 0.15) is 25.5 Å². The van der Waals surface area contributed by atoms with E-state index < -0.39 is 17.4 Å². The zero-order valence-corrected chi connectivity index (χ0v) is 15.1. The van der Waals surface area contributed by atoms with E-state index in [0.29, 0.717) is 24.7 Å². The molecular weight excluding hydrogens is 334 g/mol. The summed E-state index contributed by atoms with van der Waals surface area (Å²) < 4.78 is 3.01. The van der Waals surface area contributed by atoms with Crippen molar-refractivity contribution in [2.24, 2.45) is 7.05 Å². The first-order chi connectivity index (χ1) is 12.5. The van der Waals surface area contributed by atoms with Gasteiger partial charge in [-0.3, -0.25) is 14.3 Å². The third-order valence-corrected chi connectivity index (χ3v) is 4.57. The third kappa shape index (κ3) is 3.03. The zero-order chi connectivity index (χ0) is 18.8. The molecule has 2 aromatic heterocycles. The van der Waals surface area contributed by atoms with E-state index in [-0.39, 0.29) is 12.1 Å². The van der Waals surface area contributed by atoms with Gasteiger partial charge in [-0.1, -0.05) is 30.3 Å². The number of hydrogen-bond donors (Lipinski definition) is 2. The minimum Gasteiger partial charge on any atom is -0.387 e. The number of nitrogens with zero attached hydrogens (tertiary/aromatic N) is 4. The molecule has 8 nitrogen and oxygen atoms in total. The molecule has 2 N–H and O–H groups in total. The van der Waals surface area contributed by atoms with E-state index in [1.165, 1.54) is 4.57 Å². The van der Waals surface area contributed by atoms with Gasteiger partial charge in [0.1, 0.15) is 0 Å². The van der Waals surface area contributed by atoms with Crippen molar-refractivity contribution in [3.63, 3.8) is 0 Å². The lowest BCUT2D eigenvalue weighted by atomic mass is 10.1. The fraction of sp³-hybridized carbons (Fsp3) is 0.389. The predicted octanol–water partition coefficient (Wildman–Crippen LogP) is 1.00. The first kappa shape index (κ1) is 17.9. The molecule has 0 bridgehead atoms. The van der Waals surface area contributed by atoms with Crippen molar-refractivity contribution < 1.29 is 5.11 Å². The first-order valence-electron chi connectivity index (χ1n) is 8.65. The quantitative estimate of drug-likeness (QED) is 0.686. The molecule has 1 aromatic carbocycles. The highest BCUT2D eigenvalue weighted by molar-refractivity contribution is 5.74. The second-order valence-electron chi connectivity index (χ2n) is 6.11. The molecule has 0 fully saturated rings. The van der Waals surface area contributed by atoms with E-state index in [0.717, 1.165) is 5.56 Å². The topological polar surface area (TPSA) is 96.2 Å². The summed E-state index contributed by atoms with van der Waals surface area (Å²) in [5, 5.41) is 10.7. The smallest absolute Gasteiger partial charge is 0.329 e. The lowest BCUT2D eigenvalue weighted by Crippen LogP contribution is -2.30. The number of aryl methyl sites for hydroxylation is 1. The number of aliphatic hydroxyl groups excluding tert-OH is 1. The molecule has 0 saturated heterocycles. The summed E-state index contributed by atoms with van der Waals surface area (Å²) in [5.41, 5.74) is 0.321. The van der Waals surface area contributed by atoms with Crippen LogP contribution in [0.4, 0.5) is 5.95 Å². The van der Waals surface area contributed by atoms with Crippen LogP contribution in [0.15, 0.2) is 39.9 Å². The monoisotopic (exact) mass is 357 g/mol. The standard InChI is InChI=1S/C18H23N5O3/c1-4-22(5-2)17-19-15-14(16(25)20-18(26)21(15)3)23(17)11-13(24)12-9-7-6-8-10-12/h6-10,13,24H,4-5,11H2,1-3H3,(H,20,25,26)/t13-/m0/s1. The van der Waals surface area contributed by atoms with E-state index in [2.05, 4.69) is 9.97 Å². The first-order valence-corrected chi connectivity index (χ1v) is 8.65. The van der Waals surface area contributed by atoms with E-state index >= 15 is 0 Å². The van der Waals surface area contributed by atoms with Crippen LogP contribution in [-0.4, -0.2) is 37.3 Å². The van der Waals surface area contributed by atoms with Crippen molar-refractivity contribution in [2.75, 3.05) is 18.0 Å². The number of aromatic nitrogens is 4. The van der Waals surface area contributed by atoms with Crippen molar-refractivity contribution in [3.8, 4) is 0 Å². The number of nitrogens with one attached hydrogen (secondary N) is 1. The molecular formula is C18H23N5O3. The number of H-pyrrole nitrogens is 1. The van der Waals surface area contributed by atoms with Crippen molar-refractivity contribution in [1.82, 2.24) is 19.1 Å². The predicted molar refractivity (Wildman–Crippen MR) is 101 cm³/mol. The molecule has 3 aromatic rings. The van der Waals surface area contributed by atoms with Gasteiger partial charge in [-0.15, -0.1) is 0 Å². The van der Waals surface area contributed by atoms with Gasteiger partial charge in [0.15, 0.2) is 11.2 Å². The van der Waals surface area contributed by atoms with Gasteiger partial charge in [0.25, 0.3) is 5.56 Å². The van der Waals surface area contributed by atoms with E-state index in [1.807, 2.05) is 49.1 Å². The Kier molecular flexibility index (Phi) is 4.94. The van der Waals surface area contributed by atoms with Crippen molar-refractivity contribution in [1.29, 1.82) is 0 Å². The molecule has 138 valence electrons. The fourth-order valence-corrected chi connectivity index (χ4v) is 3.10. The van der Waals surface area contributed by atoms with Crippen LogP contribution in [0.3, 0.4) is 0 Å². The Labute approximate surface area is 150 Å². The molecule has 0 radical (unpaired) electrons. The van der Waals surface area contributed by atoms with Crippen LogP contribution in [0.25, 0.3) is 11.2 Å². The summed E-state index contributed by atoms with van der Waals surface area (Å²) in [6.07, 6.45) is -0.806. The highest BCUT2D eigenvalue weighted by Crippen LogP contribution is 2.23. The summed E-state index contributed by atoms with van der Waals surface area (Å²) in [4.78, 5) is 33.2. The number of benzene rings is 1. The van der Waals surface area contributed by atoms with Crippen LogP contribution >= 0.6 is 0 Å². The molecule has 0 unspecified atom stereocenters. The second-order valence-corrected chi connectivity index (χ2v) is 6.11. The van der Waals surface area contributed by atoms with Crippen LogP contribution in [0.5, 0.6) is 0 Å². The van der Waals surface area contributed by atoms with E-state index in [9.17, 15) is 14.7 Å². The van der Waals surface area contributed by atoms with Gasteiger partial charge in [0, 0.05) is 20.1 Å². The Bertz CT molecular complexity index is 1010. The number of aromatic amines is 1. The molecule has 0 spiro atoms. The summed E-state index contributed by atoms with van der Waals surface area (Å²) in [7, 11) is 1.57. The highest BCUT2D eigenvalue weighted by Gasteiger charge is 2.22. The highest BCUT2D eigenvalue weighted by atomic mass is 16.3. The largest absolute Gasteiger partial charge is 0.387 e. The molecule has 0 saturated carbocycles. The van der Waals surface area contributed by atoms with Crippen LogP contribution in [0, 0.1) is 0 Å². The lowest BCUT2D eigenvalue weighted by molar-refractivity contribution is 0.158. The summed E-state index contributed by atoms with van der Waals surface area (Å²) >= 11 is 0. The molecule has 0 aliphatic heterocycles. The maximum Gasteiger partial charge on any atom is 0.329 e. The molecule has 3 rings (SSSR count). The molecule has 1 atom stereocenters. The maximum atomic E-state index is 12.5. The van der Waals surface area contributed by atoms with Gasteiger partial charge in [-0.2, -0.15) is 4.98 Å². The molecule has 0 amide bonds. The lowest BCUT2D eigenvalue weighted by Gasteiger charge is -2.22. The Morgan fingerprint density at radius 3 is 2.46 bits per heavy atom. The molecule has 0 aliphatic carbocycles. The van der Waals surface area contributed by atoms with Gasteiger partial charge in [0.05, 0.1) is 12.6 Å². The number of rotatable bonds is 6. The fourth-order valence-electron chi connectivity index (χ4n) is 3.10. The molecule has 2 heterocycles. The van der Waals surface area contributed by atoms with Crippen LogP contribution in [0.2, 0.25) is 0 Å². The Hall–Kier alpha value is -2.87. The normalized spacial score (nSPS) is 12.5. The molecule has 26 heavy (non-hydrogen) atoms. The number of anilines is 1. The van der Waals surface area contributed by atoms with Crippen molar-refractivity contribution in [2.45, 2.75) is 26.5 Å². The Morgan fingerprint density at radius 1 is 1.19 bits per heavy atom. The average molecular weight is 357 g/mol. The summed E-state index contributed by atoms with van der Waals surface area (Å²) in [6.45, 7) is 5.52. The van der Waals surface area contributed by atoms with Gasteiger partial charge in [-0.25, -0.2) is 4.79 Å². The minimum absolute atomic E-state index is 0.160. The van der Waals surface area contributed by atoms with Gasteiger partial charge in [-0.05, 0) is 19.4 Å². The SMILES string of the molecule is CCN(CC)c1nc2c(c(=O)[nH]c(=O)n2C)n1C[C@H](O)c1ccccc1. The van der Waals surface area contributed by atoms with Gasteiger partial charge >= 0.3 is 5.69 Å². The number of aliphatic hydroxyl groups is 1. The maximum absolute atomic E-state index is 12.5. The number of imidazole rings is 1. The summed E-state index contributed by atoms with van der Waals surface area (Å²) in [6, 6.07) is 9.26. The van der Waals surface area contributed by atoms with E-state index in [1.54, 1.807) is 11.6 Å². The second kappa shape index (κ2) is 7.17. The third-order valence-electron chi connectivity index (χ3n) is 4.57.